The maximum Gasteiger partial charge on any atom is 0.333 e. The zero-order valence-electron chi connectivity index (χ0n) is 9.95. The van der Waals surface area contributed by atoms with Gasteiger partial charge in [-0.1, -0.05) is 13.0 Å². The van der Waals surface area contributed by atoms with Crippen molar-refractivity contribution >= 4 is 15.8 Å². The van der Waals surface area contributed by atoms with Gasteiger partial charge in [0, 0.05) is 24.4 Å². The van der Waals surface area contributed by atoms with Crippen LogP contribution < -0.4 is 5.32 Å². The van der Waals surface area contributed by atoms with E-state index in [1.165, 1.54) is 7.11 Å². The number of ether oxygens (including phenoxy) is 1. The van der Waals surface area contributed by atoms with Crippen molar-refractivity contribution in [3.05, 3.63) is 11.6 Å². The fraction of sp³-hybridized carbons (Fsp3) is 0.700. The number of sulfone groups is 1. The highest BCUT2D eigenvalue weighted by Crippen LogP contribution is 1.93. The Morgan fingerprint density at radius 2 is 2.06 bits per heavy atom. The Hall–Kier alpha value is -0.880. The third kappa shape index (κ3) is 6.58. The van der Waals surface area contributed by atoms with Crippen molar-refractivity contribution in [2.24, 2.45) is 0 Å². The van der Waals surface area contributed by atoms with E-state index < -0.39 is 9.84 Å². The molecule has 0 heterocycles. The molecule has 0 radical (unpaired) electrons. The Morgan fingerprint density at radius 1 is 1.44 bits per heavy atom. The van der Waals surface area contributed by atoms with E-state index in [1.807, 2.05) is 0 Å². The summed E-state index contributed by atoms with van der Waals surface area (Å²) in [5.41, 5.74) is 0.508. The van der Waals surface area contributed by atoms with Crippen molar-refractivity contribution in [3.8, 4) is 0 Å². The van der Waals surface area contributed by atoms with E-state index in [4.69, 9.17) is 0 Å². The van der Waals surface area contributed by atoms with Gasteiger partial charge in [0.2, 0.25) is 0 Å². The summed E-state index contributed by atoms with van der Waals surface area (Å²) in [7, 11) is -1.60. The van der Waals surface area contributed by atoms with Crippen LogP contribution in [0.2, 0.25) is 0 Å². The molecule has 1 N–H and O–H groups in total. The van der Waals surface area contributed by atoms with Crippen LogP contribution in [0.5, 0.6) is 0 Å². The SMILES string of the molecule is CCS(=O)(=O)CCNC/C=C(/C)C(=O)OC. The molecule has 0 bridgehead atoms. The van der Waals surface area contributed by atoms with Gasteiger partial charge in [0.05, 0.1) is 12.9 Å². The third-order valence-electron chi connectivity index (χ3n) is 2.09. The van der Waals surface area contributed by atoms with E-state index in [0.717, 1.165) is 0 Å². The highest BCUT2D eigenvalue weighted by atomic mass is 32.2. The average Bonchev–Trinajstić information content (AvgIpc) is 2.27. The monoisotopic (exact) mass is 249 g/mol. The standard InChI is InChI=1S/C10H19NO4S/c1-4-16(13,14)8-7-11-6-5-9(2)10(12)15-3/h5,11H,4,6-8H2,1-3H3/b9-5-. The molecular weight excluding hydrogens is 230 g/mol. The smallest absolute Gasteiger partial charge is 0.333 e. The number of hydrogen-bond donors (Lipinski definition) is 1. The Kier molecular flexibility index (Phi) is 7.00. The molecule has 0 fully saturated rings. The average molecular weight is 249 g/mol. The minimum absolute atomic E-state index is 0.120. The van der Waals surface area contributed by atoms with Crippen LogP contribution in [0.15, 0.2) is 11.6 Å². The van der Waals surface area contributed by atoms with Crippen LogP contribution in [0.25, 0.3) is 0 Å². The first kappa shape index (κ1) is 15.1. The van der Waals surface area contributed by atoms with Gasteiger partial charge >= 0.3 is 5.97 Å². The number of carbonyl (C=O) groups excluding carboxylic acids is 1. The summed E-state index contributed by atoms with van der Waals surface area (Å²) < 4.78 is 26.8. The lowest BCUT2D eigenvalue weighted by atomic mass is 10.3. The molecule has 0 aromatic heterocycles. The number of methoxy groups -OCH3 is 1. The maximum atomic E-state index is 11.1. The lowest BCUT2D eigenvalue weighted by Crippen LogP contribution is -2.24. The van der Waals surface area contributed by atoms with Crippen molar-refractivity contribution in [3.63, 3.8) is 0 Å². The van der Waals surface area contributed by atoms with Crippen LogP contribution in [0.1, 0.15) is 13.8 Å². The minimum Gasteiger partial charge on any atom is -0.466 e. The van der Waals surface area contributed by atoms with Gasteiger partial charge in [-0.25, -0.2) is 13.2 Å². The molecule has 0 spiro atoms. The molecule has 6 heteroatoms. The van der Waals surface area contributed by atoms with Gasteiger partial charge in [0.15, 0.2) is 9.84 Å². The van der Waals surface area contributed by atoms with E-state index >= 15 is 0 Å². The number of hydrogen-bond acceptors (Lipinski definition) is 5. The zero-order chi connectivity index (χ0) is 12.6. The highest BCUT2D eigenvalue weighted by molar-refractivity contribution is 7.91. The third-order valence-corrected chi connectivity index (χ3v) is 3.80. The van der Waals surface area contributed by atoms with Gasteiger partial charge in [0.25, 0.3) is 0 Å². The summed E-state index contributed by atoms with van der Waals surface area (Å²) in [4.78, 5) is 11.0. The van der Waals surface area contributed by atoms with Crippen molar-refractivity contribution in [1.29, 1.82) is 0 Å². The van der Waals surface area contributed by atoms with Gasteiger partial charge in [-0.15, -0.1) is 0 Å². The molecule has 94 valence electrons. The lowest BCUT2D eigenvalue weighted by molar-refractivity contribution is -0.136. The first-order chi connectivity index (χ1) is 7.43. The molecule has 0 aliphatic heterocycles. The van der Waals surface area contributed by atoms with Crippen LogP contribution in [0, 0.1) is 0 Å². The number of nitrogens with one attached hydrogen (secondary N) is 1. The number of esters is 1. The predicted molar refractivity (Wildman–Crippen MR) is 63.0 cm³/mol. The molecule has 0 aliphatic rings. The van der Waals surface area contributed by atoms with Crippen molar-refractivity contribution in [2.75, 3.05) is 31.7 Å². The van der Waals surface area contributed by atoms with E-state index in [0.29, 0.717) is 18.7 Å². The van der Waals surface area contributed by atoms with Gasteiger partial charge < -0.3 is 10.1 Å². The largest absolute Gasteiger partial charge is 0.466 e. The van der Waals surface area contributed by atoms with Gasteiger partial charge in [-0.3, -0.25) is 0 Å². The van der Waals surface area contributed by atoms with Crippen molar-refractivity contribution in [2.45, 2.75) is 13.8 Å². The summed E-state index contributed by atoms with van der Waals surface area (Å²) in [6, 6.07) is 0. The first-order valence-corrected chi connectivity index (χ1v) is 6.91. The van der Waals surface area contributed by atoms with E-state index in [9.17, 15) is 13.2 Å². The normalized spacial score (nSPS) is 12.6. The van der Waals surface area contributed by atoms with E-state index in [1.54, 1.807) is 19.9 Å². The van der Waals surface area contributed by atoms with Crippen LogP contribution in [-0.4, -0.2) is 46.1 Å². The zero-order valence-corrected chi connectivity index (χ0v) is 10.8. The van der Waals surface area contributed by atoms with Crippen molar-refractivity contribution in [1.82, 2.24) is 5.32 Å². The Morgan fingerprint density at radius 3 is 2.56 bits per heavy atom. The Bertz CT molecular complexity index is 346. The quantitative estimate of drug-likeness (QED) is 0.394. The van der Waals surface area contributed by atoms with Gasteiger partial charge in [0.1, 0.15) is 0 Å². The van der Waals surface area contributed by atoms with Crippen LogP contribution in [0.3, 0.4) is 0 Å². The Balaban J connectivity index is 3.81. The predicted octanol–water partition coefficient (Wildman–Crippen LogP) is 0.130. The second-order valence-corrected chi connectivity index (χ2v) is 5.79. The summed E-state index contributed by atoms with van der Waals surface area (Å²) >= 11 is 0. The molecule has 0 aliphatic carbocycles. The molecule has 0 aromatic rings. The molecule has 5 nitrogen and oxygen atoms in total. The molecule has 0 rings (SSSR count). The Labute approximate surface area is 96.8 Å². The highest BCUT2D eigenvalue weighted by Gasteiger charge is 2.05. The van der Waals surface area contributed by atoms with Crippen molar-refractivity contribution < 1.29 is 17.9 Å². The molecule has 0 unspecified atom stereocenters. The molecule has 0 saturated heterocycles. The molecule has 0 aromatic carbocycles. The molecule has 0 amide bonds. The van der Waals surface area contributed by atoms with Gasteiger partial charge in [-0.2, -0.15) is 0 Å². The summed E-state index contributed by atoms with van der Waals surface area (Å²) in [6.45, 7) is 4.12. The second kappa shape index (κ2) is 7.40. The van der Waals surface area contributed by atoms with Crippen LogP contribution in [0.4, 0.5) is 0 Å². The first-order valence-electron chi connectivity index (χ1n) is 5.09. The minimum atomic E-state index is -2.92. The molecule has 0 saturated carbocycles. The van der Waals surface area contributed by atoms with E-state index in [-0.39, 0.29) is 17.5 Å². The molecular formula is C10H19NO4S. The molecule has 16 heavy (non-hydrogen) atoms. The number of carbonyl (C=O) groups is 1. The summed E-state index contributed by atoms with van der Waals surface area (Å²) in [5, 5.41) is 2.92. The van der Waals surface area contributed by atoms with Crippen LogP contribution in [-0.2, 0) is 19.4 Å². The van der Waals surface area contributed by atoms with E-state index in [2.05, 4.69) is 10.1 Å². The topological polar surface area (TPSA) is 72.5 Å². The fourth-order valence-electron chi connectivity index (χ4n) is 0.944. The number of rotatable bonds is 7. The maximum absolute atomic E-state index is 11.1. The second-order valence-electron chi connectivity index (χ2n) is 3.32. The lowest BCUT2D eigenvalue weighted by Gasteiger charge is -2.03. The summed E-state index contributed by atoms with van der Waals surface area (Å²) in [6.07, 6.45) is 1.67. The fourth-order valence-corrected chi connectivity index (χ4v) is 1.69. The molecule has 0 atom stereocenters. The van der Waals surface area contributed by atoms with Crippen LogP contribution >= 0.6 is 0 Å². The van der Waals surface area contributed by atoms with Gasteiger partial charge in [-0.05, 0) is 6.92 Å². The summed E-state index contributed by atoms with van der Waals surface area (Å²) in [5.74, 6) is -0.0941.